The molecule has 3 aliphatic rings. The molecule has 3 saturated heterocycles. The van der Waals surface area contributed by atoms with Crippen molar-refractivity contribution in [1.29, 1.82) is 0 Å². The van der Waals surface area contributed by atoms with E-state index in [0.717, 1.165) is 11.3 Å². The molecule has 0 saturated carbocycles. The number of ether oxygens (including phenoxy) is 2. The Kier molecular flexibility index (Phi) is 36.1. The van der Waals surface area contributed by atoms with Crippen molar-refractivity contribution in [2.45, 2.75) is 239 Å². The Balaban J connectivity index is 1.96. The molecule has 3 aliphatic heterocycles. The fourth-order valence-corrected chi connectivity index (χ4v) is 13.1. The maximum Gasteiger partial charge on any atom is 0.248 e. The second-order valence-corrected chi connectivity index (χ2v) is 29.1. The van der Waals surface area contributed by atoms with Crippen LogP contribution in [0.4, 0.5) is 0 Å². The number of nitrogens with one attached hydrogen (secondary N) is 6. The fourth-order valence-electron chi connectivity index (χ4n) is 13.1. The van der Waals surface area contributed by atoms with Crippen molar-refractivity contribution in [3.63, 3.8) is 0 Å². The maximum atomic E-state index is 15.4. The highest BCUT2D eigenvalue weighted by atomic mass is 16.5. The van der Waals surface area contributed by atoms with Gasteiger partial charge in [-0.15, -0.1) is 0 Å². The van der Waals surface area contributed by atoms with Crippen LogP contribution in [0, 0.1) is 23.7 Å². The van der Waals surface area contributed by atoms with E-state index < -0.39 is 163 Å². The molecule has 1 aromatic rings. The van der Waals surface area contributed by atoms with Crippen LogP contribution in [0.2, 0.25) is 0 Å². The van der Waals surface area contributed by atoms with Gasteiger partial charge in [-0.2, -0.15) is 0 Å². The number of carbonyl (C=O) groups excluding carboxylic acids is 12. The lowest BCUT2D eigenvalue weighted by molar-refractivity contribution is -0.151. The van der Waals surface area contributed by atoms with Gasteiger partial charge in [-0.3, -0.25) is 57.5 Å². The predicted octanol–water partition coefficient (Wildman–Crippen LogP) is 2.22. The van der Waals surface area contributed by atoms with Gasteiger partial charge < -0.3 is 80.8 Å². The summed E-state index contributed by atoms with van der Waals surface area (Å²) in [6.07, 6.45) is 1.61. The number of aliphatic hydroxyl groups is 1. The third-order valence-corrected chi connectivity index (χ3v) is 19.5. The summed E-state index contributed by atoms with van der Waals surface area (Å²) in [6.45, 7) is 22.3. The highest BCUT2D eigenvalue weighted by molar-refractivity contribution is 6.00. The van der Waals surface area contributed by atoms with Gasteiger partial charge in [-0.1, -0.05) is 119 Å². The first-order valence-electron chi connectivity index (χ1n) is 36.7. The summed E-state index contributed by atoms with van der Waals surface area (Å²) >= 11 is 0. The van der Waals surface area contributed by atoms with E-state index in [1.165, 1.54) is 66.7 Å². The van der Waals surface area contributed by atoms with E-state index in [1.54, 1.807) is 56.0 Å². The minimum Gasteiger partial charge on any atom is -0.391 e. The normalized spacial score (nSPS) is 26.8. The molecule has 12 amide bonds. The summed E-state index contributed by atoms with van der Waals surface area (Å²) in [7, 11) is 7.05. The van der Waals surface area contributed by atoms with Crippen molar-refractivity contribution in [1.82, 2.24) is 66.2 Å². The van der Waals surface area contributed by atoms with E-state index in [0.29, 0.717) is 70.5 Å². The second-order valence-electron chi connectivity index (χ2n) is 29.1. The van der Waals surface area contributed by atoms with Crippen LogP contribution in [-0.2, 0) is 73.4 Å². The largest absolute Gasteiger partial charge is 0.391 e. The number of likely N-dealkylation sites (N-methyl/N-ethyl adjacent to an activating group) is 5. The molecule has 570 valence electrons. The summed E-state index contributed by atoms with van der Waals surface area (Å²) in [5.74, 6) is -9.79. The van der Waals surface area contributed by atoms with Crippen molar-refractivity contribution < 1.29 is 72.1 Å². The van der Waals surface area contributed by atoms with Gasteiger partial charge in [0.25, 0.3) is 0 Å². The highest BCUT2D eigenvalue weighted by Crippen LogP contribution is 2.23. The van der Waals surface area contributed by atoms with Crippen molar-refractivity contribution in [3.05, 3.63) is 35.9 Å². The number of benzene rings is 1. The Morgan fingerprint density at radius 1 is 0.574 bits per heavy atom. The van der Waals surface area contributed by atoms with Gasteiger partial charge >= 0.3 is 0 Å². The number of hydrogen-bond acceptors (Lipinski definition) is 16. The molecule has 4 rings (SSSR count). The first-order valence-corrected chi connectivity index (χ1v) is 36.7. The zero-order valence-corrected chi connectivity index (χ0v) is 63.5. The molecule has 28 heteroatoms. The summed E-state index contributed by atoms with van der Waals surface area (Å²) in [6, 6.07) is -4.90. The van der Waals surface area contributed by atoms with Crippen LogP contribution in [0.3, 0.4) is 0 Å². The Morgan fingerprint density at radius 3 is 1.63 bits per heavy atom. The second kappa shape index (κ2) is 42.3. The van der Waals surface area contributed by atoms with Crippen LogP contribution in [0.5, 0.6) is 0 Å². The molecule has 1 aromatic carbocycles. The monoisotopic (exact) mass is 1420 g/mol. The molecule has 3 fully saturated rings. The molecule has 0 bridgehead atoms. The number of rotatable bonds is 21. The van der Waals surface area contributed by atoms with Crippen molar-refractivity contribution >= 4 is 70.9 Å². The van der Waals surface area contributed by atoms with E-state index in [1.807, 2.05) is 55.4 Å². The zero-order valence-electron chi connectivity index (χ0n) is 63.5. The van der Waals surface area contributed by atoms with Crippen molar-refractivity contribution in [3.8, 4) is 0 Å². The molecule has 0 radical (unpaired) electrons. The smallest absolute Gasteiger partial charge is 0.248 e. The van der Waals surface area contributed by atoms with Gasteiger partial charge in [0.15, 0.2) is 0 Å². The molecule has 0 aromatic heterocycles. The van der Waals surface area contributed by atoms with Crippen LogP contribution >= 0.6 is 0 Å². The average Bonchev–Trinajstić information content (AvgIpc) is 0.822. The maximum absolute atomic E-state index is 15.4. The SMILES string of the molecule is CCCCN1CC(=O)N(C)[C@@H](CC)C(=O)N[C@@H](COC[C@@H]2COCCN2)C(=O)N(C)[C@@H](Cc2ccccc2)C(=O)N(C)[C@@H](CC)C(=O)N[C@H](C(=O)N2CCCCC2)CC(=O)N[C@H](CC(C)C)C(=O)N(C)[C@@H](CC(C)C)C(=O)N[C@@H]([C@@H](C)CC)C(=O)N(C)[C@@H](CC(C)C)C(=O)N[C@@H](C(C)O)C1=O. The van der Waals surface area contributed by atoms with Gasteiger partial charge in [-0.05, 0) is 93.9 Å². The van der Waals surface area contributed by atoms with E-state index in [2.05, 4.69) is 31.9 Å². The highest BCUT2D eigenvalue weighted by Gasteiger charge is 2.44. The third-order valence-electron chi connectivity index (χ3n) is 19.5. The number of hydrogen-bond donors (Lipinski definition) is 7. The zero-order chi connectivity index (χ0) is 75.5. The third kappa shape index (κ3) is 25.6. The van der Waals surface area contributed by atoms with Gasteiger partial charge in [0.1, 0.15) is 60.4 Å². The van der Waals surface area contributed by atoms with Crippen LogP contribution in [0.25, 0.3) is 0 Å². The summed E-state index contributed by atoms with van der Waals surface area (Å²) in [5.41, 5.74) is 0.637. The molecule has 3 heterocycles. The van der Waals surface area contributed by atoms with E-state index in [9.17, 15) is 38.7 Å². The molecular weight excluding hydrogens is 1300 g/mol. The first kappa shape index (κ1) is 86.1. The minimum atomic E-state index is -1.65. The molecule has 1 unspecified atom stereocenters. The average molecular weight is 1420 g/mol. The lowest BCUT2D eigenvalue weighted by Gasteiger charge is -2.37. The molecular formula is C73H123N13O15. The number of carbonyl (C=O) groups is 12. The van der Waals surface area contributed by atoms with E-state index >= 15 is 24.0 Å². The number of piperidine rings is 1. The van der Waals surface area contributed by atoms with Crippen molar-refractivity contribution in [2.75, 3.05) is 94.4 Å². The van der Waals surface area contributed by atoms with Gasteiger partial charge in [-0.25, -0.2) is 0 Å². The number of likely N-dealkylation sites (tertiary alicyclic amines) is 1. The Hall–Kier alpha value is -7.30. The van der Waals surface area contributed by atoms with Crippen LogP contribution < -0.4 is 31.9 Å². The standard InChI is InChI=1S/C73H123N13O15/c1-18-22-32-86-41-61(89)80(13)55(20-3)64(90)77-54(44-101-43-51-42-100-35-31-74-51)69(95)84(17)59(39-50-29-25-23-26-30-50)71(97)81(14)56(21-4)65(91)76-53(70(96)85-33-27-24-28-34-85)40-60(88)75-52(36-45(5)6)68(94)82(15)57(37-46(7)8)66(92)78-62(48(11)19-2)72(98)83(16)58(38-47(9)10)67(93)79-63(49(12)87)73(86)99/h23,25-26,29-30,45-49,51-59,62-63,74,87H,18-22,24,27-28,31-44H2,1-17H3,(H,75,88)(H,76,91)(H,77,90)(H,78,92)(H,79,93)/t48-,49?,51-,52+,53-,54-,55-,56-,57-,58-,59-,62-,63-/m0/s1. The van der Waals surface area contributed by atoms with E-state index in [4.69, 9.17) is 9.47 Å². The quantitative estimate of drug-likeness (QED) is 0.0928. The molecule has 0 aliphatic carbocycles. The van der Waals surface area contributed by atoms with E-state index in [-0.39, 0.29) is 75.5 Å². The number of unbranched alkanes of at least 4 members (excludes halogenated alkanes) is 1. The topological polar surface area (TPSA) is 338 Å². The first-order chi connectivity index (χ1) is 47.7. The summed E-state index contributed by atoms with van der Waals surface area (Å²) in [4.78, 5) is 188. The molecule has 101 heavy (non-hydrogen) atoms. The fraction of sp³-hybridized carbons (Fsp3) is 0.753. The molecule has 0 spiro atoms. The van der Waals surface area contributed by atoms with Gasteiger partial charge in [0.2, 0.25) is 70.9 Å². The van der Waals surface area contributed by atoms with Crippen molar-refractivity contribution in [2.24, 2.45) is 23.7 Å². The Bertz CT molecular complexity index is 2890. The molecule has 13 atom stereocenters. The Morgan fingerprint density at radius 2 is 1.10 bits per heavy atom. The van der Waals surface area contributed by atoms with Crippen LogP contribution in [0.15, 0.2) is 30.3 Å². The summed E-state index contributed by atoms with van der Waals surface area (Å²) < 4.78 is 11.8. The van der Waals surface area contributed by atoms with Crippen LogP contribution in [-0.4, -0.2) is 277 Å². The van der Waals surface area contributed by atoms with Crippen LogP contribution in [0.1, 0.15) is 166 Å². The minimum absolute atomic E-state index is 0.00294. The number of aliphatic hydroxyl groups excluding tert-OH is 1. The van der Waals surface area contributed by atoms with Gasteiger partial charge in [0, 0.05) is 67.8 Å². The number of amides is 12. The lowest BCUT2D eigenvalue weighted by atomic mass is 9.94. The Labute approximate surface area is 599 Å². The lowest BCUT2D eigenvalue weighted by Crippen LogP contribution is -2.62. The molecule has 28 nitrogen and oxygen atoms in total. The summed E-state index contributed by atoms with van der Waals surface area (Å²) in [5, 5.41) is 28.8. The van der Waals surface area contributed by atoms with Gasteiger partial charge in [0.05, 0.1) is 51.5 Å². The predicted molar refractivity (Wildman–Crippen MR) is 383 cm³/mol. The number of nitrogens with zero attached hydrogens (tertiary/aromatic N) is 7. The number of morpholine rings is 1. The molecule has 7 N–H and O–H groups in total.